The molecule has 0 radical (unpaired) electrons. The quantitative estimate of drug-likeness (QED) is 0.853. The van der Waals surface area contributed by atoms with Crippen LogP contribution in [0.3, 0.4) is 0 Å². The Bertz CT molecular complexity index is 575. The molecule has 0 saturated heterocycles. The number of benzene rings is 2. The highest BCUT2D eigenvalue weighted by molar-refractivity contribution is 5.40. The molecule has 94 valence electrons. The molecule has 0 saturated carbocycles. The highest BCUT2D eigenvalue weighted by Crippen LogP contribution is 2.26. The van der Waals surface area contributed by atoms with Crippen LogP contribution in [0.4, 0.5) is 4.39 Å². The molecular formula is C16H18FN. The van der Waals surface area contributed by atoms with Gasteiger partial charge in [0, 0.05) is 5.56 Å². The van der Waals surface area contributed by atoms with Crippen molar-refractivity contribution in [2.24, 2.45) is 5.73 Å². The first-order valence-corrected chi connectivity index (χ1v) is 6.08. The Labute approximate surface area is 107 Å². The second-order valence-corrected chi connectivity index (χ2v) is 4.86. The summed E-state index contributed by atoms with van der Waals surface area (Å²) in [6.07, 6.45) is 0. The molecule has 1 atom stereocenters. The van der Waals surface area contributed by atoms with Crippen LogP contribution in [0.15, 0.2) is 36.4 Å². The molecule has 18 heavy (non-hydrogen) atoms. The van der Waals surface area contributed by atoms with Crippen LogP contribution < -0.4 is 5.73 Å². The van der Waals surface area contributed by atoms with Gasteiger partial charge in [-0.3, -0.25) is 0 Å². The number of halogens is 1. The maximum Gasteiger partial charge on any atom is 0.128 e. The predicted octanol–water partition coefficient (Wildman–Crippen LogP) is 3.80. The van der Waals surface area contributed by atoms with Gasteiger partial charge in [0.2, 0.25) is 0 Å². The van der Waals surface area contributed by atoms with Crippen LogP contribution in [0.25, 0.3) is 0 Å². The molecule has 2 N–H and O–H groups in total. The van der Waals surface area contributed by atoms with Crippen molar-refractivity contribution in [3.05, 3.63) is 70.0 Å². The Hall–Kier alpha value is -1.67. The molecule has 0 bridgehead atoms. The Balaban J connectivity index is 2.47. The fraction of sp³-hybridized carbons (Fsp3) is 0.250. The van der Waals surface area contributed by atoms with Gasteiger partial charge in [0.05, 0.1) is 6.04 Å². The summed E-state index contributed by atoms with van der Waals surface area (Å²) >= 11 is 0. The van der Waals surface area contributed by atoms with Gasteiger partial charge in [-0.1, -0.05) is 35.9 Å². The summed E-state index contributed by atoms with van der Waals surface area (Å²) < 4.78 is 13.9. The predicted molar refractivity (Wildman–Crippen MR) is 73.1 cm³/mol. The van der Waals surface area contributed by atoms with Crippen LogP contribution in [0.5, 0.6) is 0 Å². The molecule has 0 spiro atoms. The van der Waals surface area contributed by atoms with E-state index in [0.717, 1.165) is 22.3 Å². The van der Waals surface area contributed by atoms with Gasteiger partial charge in [0.25, 0.3) is 0 Å². The summed E-state index contributed by atoms with van der Waals surface area (Å²) in [6.45, 7) is 5.89. The Kier molecular flexibility index (Phi) is 3.48. The van der Waals surface area contributed by atoms with Crippen molar-refractivity contribution < 1.29 is 4.39 Å². The summed E-state index contributed by atoms with van der Waals surface area (Å²) in [5.74, 6) is -0.233. The van der Waals surface area contributed by atoms with Gasteiger partial charge in [-0.25, -0.2) is 4.39 Å². The van der Waals surface area contributed by atoms with Crippen LogP contribution in [0.1, 0.15) is 33.9 Å². The van der Waals surface area contributed by atoms with Gasteiger partial charge in [0.15, 0.2) is 0 Å². The summed E-state index contributed by atoms with van der Waals surface area (Å²) in [5.41, 5.74) is 10.9. The van der Waals surface area contributed by atoms with E-state index in [4.69, 9.17) is 5.73 Å². The largest absolute Gasteiger partial charge is 0.320 e. The second-order valence-electron chi connectivity index (χ2n) is 4.86. The van der Waals surface area contributed by atoms with E-state index < -0.39 is 6.04 Å². The highest BCUT2D eigenvalue weighted by atomic mass is 19.1. The zero-order valence-electron chi connectivity index (χ0n) is 11.0. The highest BCUT2D eigenvalue weighted by Gasteiger charge is 2.15. The molecular weight excluding hydrogens is 225 g/mol. The average Bonchev–Trinajstić information content (AvgIpc) is 2.31. The third-order valence-electron chi connectivity index (χ3n) is 3.26. The minimum atomic E-state index is -0.412. The Morgan fingerprint density at radius 1 is 0.889 bits per heavy atom. The SMILES string of the molecule is Cc1ccc(C(N)c2cc(C)ccc2C)c(F)c1. The van der Waals surface area contributed by atoms with Crippen molar-refractivity contribution in [2.75, 3.05) is 0 Å². The number of hydrogen-bond acceptors (Lipinski definition) is 1. The number of hydrogen-bond donors (Lipinski definition) is 1. The standard InChI is InChI=1S/C16H18FN/c1-10-4-6-12(3)14(8-10)16(18)13-7-5-11(2)9-15(13)17/h4-9,16H,18H2,1-3H3. The lowest BCUT2D eigenvalue weighted by atomic mass is 9.93. The molecule has 0 aliphatic rings. The van der Waals surface area contributed by atoms with Crippen molar-refractivity contribution in [2.45, 2.75) is 26.8 Å². The number of aryl methyl sites for hydroxylation is 3. The molecule has 1 nitrogen and oxygen atoms in total. The molecule has 0 aromatic heterocycles. The van der Waals surface area contributed by atoms with Crippen molar-refractivity contribution in [1.82, 2.24) is 0 Å². The van der Waals surface area contributed by atoms with E-state index in [1.165, 1.54) is 6.07 Å². The van der Waals surface area contributed by atoms with Crippen LogP contribution in [0.2, 0.25) is 0 Å². The van der Waals surface area contributed by atoms with Crippen molar-refractivity contribution >= 4 is 0 Å². The molecule has 2 rings (SSSR count). The van der Waals surface area contributed by atoms with Crippen LogP contribution in [0, 0.1) is 26.6 Å². The monoisotopic (exact) mass is 243 g/mol. The molecule has 2 heteroatoms. The lowest BCUT2D eigenvalue weighted by molar-refractivity contribution is 0.598. The van der Waals surface area contributed by atoms with E-state index in [1.54, 1.807) is 6.07 Å². The maximum atomic E-state index is 13.9. The molecule has 0 aliphatic carbocycles. The summed E-state index contributed by atoms with van der Waals surface area (Å²) in [6, 6.07) is 10.9. The van der Waals surface area contributed by atoms with E-state index in [1.807, 2.05) is 45.0 Å². The number of rotatable bonds is 2. The third-order valence-corrected chi connectivity index (χ3v) is 3.26. The number of nitrogens with two attached hydrogens (primary N) is 1. The molecule has 0 fully saturated rings. The zero-order chi connectivity index (χ0) is 13.3. The topological polar surface area (TPSA) is 26.0 Å². The van der Waals surface area contributed by atoms with Crippen LogP contribution in [-0.2, 0) is 0 Å². The lowest BCUT2D eigenvalue weighted by Crippen LogP contribution is -2.15. The minimum absolute atomic E-state index is 0.233. The fourth-order valence-electron chi connectivity index (χ4n) is 2.15. The smallest absolute Gasteiger partial charge is 0.128 e. The molecule has 2 aromatic rings. The van der Waals surface area contributed by atoms with Crippen molar-refractivity contribution in [1.29, 1.82) is 0 Å². The summed E-state index contributed by atoms with van der Waals surface area (Å²) in [7, 11) is 0. The van der Waals surface area contributed by atoms with Gasteiger partial charge >= 0.3 is 0 Å². The van der Waals surface area contributed by atoms with Gasteiger partial charge in [-0.15, -0.1) is 0 Å². The Morgan fingerprint density at radius 2 is 1.50 bits per heavy atom. The van der Waals surface area contributed by atoms with Gasteiger partial charge < -0.3 is 5.73 Å². The third kappa shape index (κ3) is 2.44. The van der Waals surface area contributed by atoms with Crippen molar-refractivity contribution in [3.8, 4) is 0 Å². The van der Waals surface area contributed by atoms with E-state index in [2.05, 4.69) is 0 Å². The van der Waals surface area contributed by atoms with E-state index in [-0.39, 0.29) is 5.82 Å². The fourth-order valence-corrected chi connectivity index (χ4v) is 2.15. The molecule has 1 unspecified atom stereocenters. The average molecular weight is 243 g/mol. The van der Waals surface area contributed by atoms with Gasteiger partial charge in [-0.2, -0.15) is 0 Å². The first kappa shape index (κ1) is 12.8. The van der Waals surface area contributed by atoms with Gasteiger partial charge in [-0.05, 0) is 43.5 Å². The maximum absolute atomic E-state index is 13.9. The summed E-state index contributed by atoms with van der Waals surface area (Å²) in [5, 5.41) is 0. The zero-order valence-corrected chi connectivity index (χ0v) is 11.0. The molecule has 2 aromatic carbocycles. The van der Waals surface area contributed by atoms with Crippen LogP contribution in [-0.4, -0.2) is 0 Å². The van der Waals surface area contributed by atoms with Crippen LogP contribution >= 0.6 is 0 Å². The first-order chi connectivity index (χ1) is 8.49. The Morgan fingerprint density at radius 3 is 2.17 bits per heavy atom. The van der Waals surface area contributed by atoms with E-state index in [9.17, 15) is 4.39 Å². The normalized spacial score (nSPS) is 12.5. The first-order valence-electron chi connectivity index (χ1n) is 6.08. The summed E-state index contributed by atoms with van der Waals surface area (Å²) in [4.78, 5) is 0. The minimum Gasteiger partial charge on any atom is -0.320 e. The van der Waals surface area contributed by atoms with E-state index in [0.29, 0.717) is 5.56 Å². The van der Waals surface area contributed by atoms with Crippen molar-refractivity contribution in [3.63, 3.8) is 0 Å². The molecule has 0 amide bonds. The van der Waals surface area contributed by atoms with E-state index >= 15 is 0 Å². The molecule has 0 aliphatic heterocycles. The van der Waals surface area contributed by atoms with Gasteiger partial charge in [0.1, 0.15) is 5.82 Å². The lowest BCUT2D eigenvalue weighted by Gasteiger charge is -2.17. The molecule has 0 heterocycles. The second kappa shape index (κ2) is 4.91.